The minimum Gasteiger partial charge on any atom is -0.493 e. The molecule has 2 aromatic carbocycles. The van der Waals surface area contributed by atoms with Crippen LogP contribution in [0.2, 0.25) is 0 Å². The molecule has 1 heterocycles. The zero-order valence-electron chi connectivity index (χ0n) is 15.8. The summed E-state index contributed by atoms with van der Waals surface area (Å²) in [6.07, 6.45) is 5.99. The normalized spacial score (nSPS) is 10.8. The molecule has 0 aliphatic carbocycles. The molecule has 3 rings (SSSR count). The van der Waals surface area contributed by atoms with Crippen molar-refractivity contribution in [2.75, 3.05) is 14.2 Å². The number of hydrogen-bond donors (Lipinski definition) is 1. The van der Waals surface area contributed by atoms with Gasteiger partial charge in [0.25, 0.3) is 0 Å². The van der Waals surface area contributed by atoms with E-state index in [4.69, 9.17) is 9.47 Å². The van der Waals surface area contributed by atoms with Crippen LogP contribution in [0.1, 0.15) is 27.2 Å². The predicted molar refractivity (Wildman–Crippen MR) is 108 cm³/mol. The van der Waals surface area contributed by atoms with Crippen molar-refractivity contribution in [1.29, 1.82) is 0 Å². The van der Waals surface area contributed by atoms with Crippen LogP contribution in [-0.2, 0) is 6.54 Å². The quantitative estimate of drug-likeness (QED) is 0.635. The van der Waals surface area contributed by atoms with E-state index >= 15 is 0 Å². The van der Waals surface area contributed by atoms with Gasteiger partial charge in [0.05, 0.1) is 19.8 Å². The lowest BCUT2D eigenvalue weighted by atomic mass is 10.1. The molecule has 0 saturated carbocycles. The Balaban J connectivity index is 1.85. The molecule has 0 amide bonds. The summed E-state index contributed by atoms with van der Waals surface area (Å²) in [4.78, 5) is 11.2. The van der Waals surface area contributed by atoms with E-state index in [9.17, 15) is 9.90 Å². The summed E-state index contributed by atoms with van der Waals surface area (Å²) in [5, 5.41) is 9.18. The second-order valence-corrected chi connectivity index (χ2v) is 6.21. The summed E-state index contributed by atoms with van der Waals surface area (Å²) in [6.45, 7) is 0.577. The summed E-state index contributed by atoms with van der Waals surface area (Å²) in [6, 6.07) is 18.7. The highest BCUT2D eigenvalue weighted by atomic mass is 16.5. The molecule has 5 nitrogen and oxygen atoms in total. The lowest BCUT2D eigenvalue weighted by Gasteiger charge is -2.07. The van der Waals surface area contributed by atoms with E-state index in [0.717, 1.165) is 16.8 Å². The largest absolute Gasteiger partial charge is 0.493 e. The van der Waals surface area contributed by atoms with Crippen molar-refractivity contribution >= 4 is 18.1 Å². The maximum Gasteiger partial charge on any atom is 0.335 e. The summed E-state index contributed by atoms with van der Waals surface area (Å²) in [7, 11) is 3.22. The third kappa shape index (κ3) is 4.57. The number of hydrogen-bond acceptors (Lipinski definition) is 3. The van der Waals surface area contributed by atoms with Gasteiger partial charge in [-0.25, -0.2) is 4.79 Å². The molecule has 1 aromatic heterocycles. The first-order chi connectivity index (χ1) is 13.6. The third-order valence-electron chi connectivity index (χ3n) is 4.36. The van der Waals surface area contributed by atoms with Crippen LogP contribution in [-0.4, -0.2) is 25.3 Å². The molecule has 28 heavy (non-hydrogen) atoms. The van der Waals surface area contributed by atoms with E-state index in [1.165, 1.54) is 0 Å². The summed E-state index contributed by atoms with van der Waals surface area (Å²) >= 11 is 0. The predicted octanol–water partition coefficient (Wildman–Crippen LogP) is 3.91. The topological polar surface area (TPSA) is 59.6 Å². The maximum absolute atomic E-state index is 11.2. The van der Waals surface area contributed by atoms with Crippen LogP contribution in [0.25, 0.3) is 12.2 Å². The van der Waals surface area contributed by atoms with Crippen molar-refractivity contribution in [2.24, 2.45) is 0 Å². The van der Waals surface area contributed by atoms with Gasteiger partial charge in [-0.3, -0.25) is 0 Å². The molecule has 0 atom stereocenters. The first-order valence-corrected chi connectivity index (χ1v) is 8.81. The van der Waals surface area contributed by atoms with E-state index in [0.29, 0.717) is 18.0 Å². The number of nitrogens with zero attached hydrogens (tertiary/aromatic N) is 1. The maximum atomic E-state index is 11.2. The molecule has 0 bridgehead atoms. The lowest BCUT2D eigenvalue weighted by Crippen LogP contribution is -2.37. The SMILES string of the molecule is COc1ccc(/C=C/c2cccc[n+]2Cc2cccc(C(=O)O)c2)cc1OC. The van der Waals surface area contributed by atoms with Crippen molar-refractivity contribution in [3.05, 3.63) is 89.2 Å². The van der Waals surface area contributed by atoms with Gasteiger partial charge < -0.3 is 14.6 Å². The van der Waals surface area contributed by atoms with Crippen LogP contribution >= 0.6 is 0 Å². The molecule has 0 radical (unpaired) electrons. The van der Waals surface area contributed by atoms with Gasteiger partial charge in [0, 0.05) is 23.8 Å². The van der Waals surface area contributed by atoms with Gasteiger partial charge >= 0.3 is 5.97 Å². The lowest BCUT2D eigenvalue weighted by molar-refractivity contribution is -0.690. The van der Waals surface area contributed by atoms with Gasteiger partial charge in [-0.05, 0) is 42.0 Å². The summed E-state index contributed by atoms with van der Waals surface area (Å²) in [5.74, 6) is 0.442. The Hall–Kier alpha value is -3.60. The fourth-order valence-corrected chi connectivity index (χ4v) is 2.92. The van der Waals surface area contributed by atoms with E-state index in [1.54, 1.807) is 32.4 Å². The molecule has 1 N–H and O–H groups in total. The van der Waals surface area contributed by atoms with Gasteiger partial charge in [0.1, 0.15) is 0 Å². The molecule has 0 spiro atoms. The van der Waals surface area contributed by atoms with Gasteiger partial charge in [-0.1, -0.05) is 18.2 Å². The van der Waals surface area contributed by atoms with Crippen molar-refractivity contribution in [2.45, 2.75) is 6.54 Å². The number of pyridine rings is 1. The zero-order valence-corrected chi connectivity index (χ0v) is 15.8. The minimum atomic E-state index is -0.923. The van der Waals surface area contributed by atoms with E-state index in [2.05, 4.69) is 4.57 Å². The second-order valence-electron chi connectivity index (χ2n) is 6.21. The number of aromatic carboxylic acids is 1. The van der Waals surface area contributed by atoms with Crippen LogP contribution in [0, 0.1) is 0 Å². The molecule has 5 heteroatoms. The Morgan fingerprint density at radius 3 is 2.54 bits per heavy atom. The van der Waals surface area contributed by atoms with Gasteiger partial charge in [-0.15, -0.1) is 0 Å². The van der Waals surface area contributed by atoms with E-state index < -0.39 is 5.97 Å². The third-order valence-corrected chi connectivity index (χ3v) is 4.36. The number of aromatic nitrogens is 1. The van der Waals surface area contributed by atoms with E-state index in [-0.39, 0.29) is 5.56 Å². The molecule has 0 saturated heterocycles. The highest BCUT2D eigenvalue weighted by molar-refractivity contribution is 5.87. The molecule has 0 aliphatic heterocycles. The number of methoxy groups -OCH3 is 2. The molecule has 0 fully saturated rings. The smallest absolute Gasteiger partial charge is 0.335 e. The minimum absolute atomic E-state index is 0.288. The zero-order chi connectivity index (χ0) is 19.9. The number of carbonyl (C=O) groups is 1. The van der Waals surface area contributed by atoms with Crippen molar-refractivity contribution < 1.29 is 23.9 Å². The average molecular weight is 376 g/mol. The first kappa shape index (κ1) is 19.2. The molecule has 142 valence electrons. The Kier molecular flexibility index (Phi) is 6.07. The monoisotopic (exact) mass is 376 g/mol. The average Bonchev–Trinajstić information content (AvgIpc) is 2.73. The van der Waals surface area contributed by atoms with Gasteiger partial charge in [-0.2, -0.15) is 4.57 Å². The molecular formula is C23H22NO4+. The number of carboxylic acid groups (broad SMARTS) is 1. The summed E-state index contributed by atoms with van der Waals surface area (Å²) < 4.78 is 12.7. The standard InChI is InChI=1S/C23H21NO4/c1-27-21-12-10-17(15-22(21)28-2)9-11-20-8-3-4-13-24(20)16-18-6-5-7-19(14-18)23(25)26/h3-15H,16H2,1-2H3/p+1/b11-9+. The number of benzene rings is 2. The van der Waals surface area contributed by atoms with Crippen molar-refractivity contribution in [3.8, 4) is 11.5 Å². The molecule has 3 aromatic rings. The number of carboxylic acids is 1. The second kappa shape index (κ2) is 8.86. The van der Waals surface area contributed by atoms with Crippen LogP contribution in [0.3, 0.4) is 0 Å². The van der Waals surface area contributed by atoms with Crippen LogP contribution in [0.4, 0.5) is 0 Å². The Morgan fingerprint density at radius 1 is 0.964 bits per heavy atom. The highest BCUT2D eigenvalue weighted by Gasteiger charge is 2.10. The molecule has 0 unspecified atom stereocenters. The van der Waals surface area contributed by atoms with Crippen LogP contribution in [0.5, 0.6) is 11.5 Å². The Labute approximate surface area is 164 Å². The van der Waals surface area contributed by atoms with Gasteiger partial charge in [0.15, 0.2) is 24.2 Å². The first-order valence-electron chi connectivity index (χ1n) is 8.81. The van der Waals surface area contributed by atoms with E-state index in [1.807, 2.05) is 60.8 Å². The fourth-order valence-electron chi connectivity index (χ4n) is 2.92. The number of ether oxygens (including phenoxy) is 2. The van der Waals surface area contributed by atoms with Crippen LogP contribution < -0.4 is 14.0 Å². The van der Waals surface area contributed by atoms with Gasteiger partial charge in [0.2, 0.25) is 5.69 Å². The molecular weight excluding hydrogens is 354 g/mol. The highest BCUT2D eigenvalue weighted by Crippen LogP contribution is 2.28. The summed E-state index contributed by atoms with van der Waals surface area (Å²) in [5.41, 5.74) is 3.20. The van der Waals surface area contributed by atoms with Crippen LogP contribution in [0.15, 0.2) is 66.9 Å². The Bertz CT molecular complexity index is 1010. The number of rotatable bonds is 7. The fraction of sp³-hybridized carbons (Fsp3) is 0.130. The molecule has 0 aliphatic rings. The van der Waals surface area contributed by atoms with Crippen molar-refractivity contribution in [3.63, 3.8) is 0 Å². The Morgan fingerprint density at radius 2 is 1.79 bits per heavy atom. The van der Waals surface area contributed by atoms with Crippen molar-refractivity contribution in [1.82, 2.24) is 0 Å².